The summed E-state index contributed by atoms with van der Waals surface area (Å²) in [6.07, 6.45) is 5.20. The number of nitrogens with zero attached hydrogens (tertiary/aromatic N) is 2. The average molecular weight is 214 g/mol. The molecule has 2 rings (SSSR count). The fraction of sp³-hybridized carbons (Fsp3) is 0.556. The molecular formula is C9H12ClN3O. The van der Waals surface area contributed by atoms with Crippen LogP contribution in [0.25, 0.3) is 0 Å². The predicted molar refractivity (Wildman–Crippen MR) is 54.5 cm³/mol. The Bertz CT molecular complexity index is 285. The molecule has 0 spiro atoms. The van der Waals surface area contributed by atoms with E-state index in [2.05, 4.69) is 15.3 Å². The van der Waals surface area contributed by atoms with Gasteiger partial charge in [0.2, 0.25) is 5.95 Å². The van der Waals surface area contributed by atoms with Crippen molar-refractivity contribution in [2.75, 3.05) is 18.5 Å². The topological polar surface area (TPSA) is 47.0 Å². The van der Waals surface area contributed by atoms with Crippen LogP contribution in [0.5, 0.6) is 0 Å². The molecule has 1 aromatic rings. The van der Waals surface area contributed by atoms with E-state index >= 15 is 0 Å². The maximum absolute atomic E-state index is 5.68. The second-order valence-electron chi connectivity index (χ2n) is 3.26. The van der Waals surface area contributed by atoms with E-state index < -0.39 is 0 Å². The zero-order valence-electron chi connectivity index (χ0n) is 7.74. The molecular weight excluding hydrogens is 202 g/mol. The number of hydrogen-bond acceptors (Lipinski definition) is 4. The van der Waals surface area contributed by atoms with E-state index in [1.165, 1.54) is 0 Å². The molecule has 1 aliphatic rings. The van der Waals surface area contributed by atoms with Gasteiger partial charge in [0.1, 0.15) is 0 Å². The molecule has 2 heterocycles. The van der Waals surface area contributed by atoms with E-state index in [4.69, 9.17) is 16.3 Å². The van der Waals surface area contributed by atoms with Crippen LogP contribution in [0.3, 0.4) is 0 Å². The number of aromatic nitrogens is 2. The van der Waals surface area contributed by atoms with Crippen LogP contribution < -0.4 is 5.32 Å². The van der Waals surface area contributed by atoms with E-state index in [1.54, 1.807) is 12.4 Å². The highest BCUT2D eigenvalue weighted by Crippen LogP contribution is 2.12. The number of rotatable bonds is 2. The summed E-state index contributed by atoms with van der Waals surface area (Å²) in [6.45, 7) is 1.62. The van der Waals surface area contributed by atoms with Crippen LogP contribution in [0, 0.1) is 0 Å². The van der Waals surface area contributed by atoms with Crippen molar-refractivity contribution in [3.8, 4) is 0 Å². The van der Waals surface area contributed by atoms with Gasteiger partial charge in [0.05, 0.1) is 17.4 Å². The van der Waals surface area contributed by atoms with Gasteiger partial charge in [-0.1, -0.05) is 11.6 Å². The largest absolute Gasteiger partial charge is 0.381 e. The summed E-state index contributed by atoms with van der Waals surface area (Å²) >= 11 is 5.68. The minimum atomic E-state index is 0.421. The van der Waals surface area contributed by atoms with Gasteiger partial charge >= 0.3 is 0 Å². The lowest BCUT2D eigenvalue weighted by atomic mass is 10.1. The molecule has 0 atom stereocenters. The fourth-order valence-corrected chi connectivity index (χ4v) is 1.51. The van der Waals surface area contributed by atoms with Crippen molar-refractivity contribution in [2.45, 2.75) is 18.9 Å². The molecule has 0 saturated carbocycles. The molecule has 0 unspecified atom stereocenters. The lowest BCUT2D eigenvalue weighted by molar-refractivity contribution is 0.0903. The highest BCUT2D eigenvalue weighted by atomic mass is 35.5. The summed E-state index contributed by atoms with van der Waals surface area (Å²) in [5.41, 5.74) is 0. The van der Waals surface area contributed by atoms with E-state index in [0.29, 0.717) is 17.0 Å². The van der Waals surface area contributed by atoms with Gasteiger partial charge in [0, 0.05) is 19.3 Å². The van der Waals surface area contributed by atoms with Gasteiger partial charge in [-0.25, -0.2) is 9.97 Å². The van der Waals surface area contributed by atoms with Gasteiger partial charge < -0.3 is 10.1 Å². The summed E-state index contributed by atoms with van der Waals surface area (Å²) in [4.78, 5) is 8.15. The molecule has 1 N–H and O–H groups in total. The first-order valence-electron chi connectivity index (χ1n) is 4.66. The molecule has 1 saturated heterocycles. The molecule has 1 aliphatic heterocycles. The third-order valence-electron chi connectivity index (χ3n) is 2.17. The van der Waals surface area contributed by atoms with E-state index in [9.17, 15) is 0 Å². The fourth-order valence-electron chi connectivity index (χ4n) is 1.41. The van der Waals surface area contributed by atoms with Gasteiger partial charge in [-0.2, -0.15) is 0 Å². The Labute approximate surface area is 87.7 Å². The van der Waals surface area contributed by atoms with E-state index in [-0.39, 0.29) is 0 Å². The summed E-state index contributed by atoms with van der Waals surface area (Å²) in [6, 6.07) is 0.421. The monoisotopic (exact) mass is 213 g/mol. The van der Waals surface area contributed by atoms with Gasteiger partial charge in [-0.3, -0.25) is 0 Å². The molecule has 14 heavy (non-hydrogen) atoms. The maximum Gasteiger partial charge on any atom is 0.222 e. The molecule has 0 radical (unpaired) electrons. The van der Waals surface area contributed by atoms with Gasteiger partial charge in [0.25, 0.3) is 0 Å². The van der Waals surface area contributed by atoms with Crippen molar-refractivity contribution in [2.24, 2.45) is 0 Å². The molecule has 76 valence electrons. The molecule has 1 aromatic heterocycles. The maximum atomic E-state index is 5.68. The van der Waals surface area contributed by atoms with Crippen LogP contribution in [-0.2, 0) is 4.74 Å². The quantitative estimate of drug-likeness (QED) is 0.813. The zero-order valence-corrected chi connectivity index (χ0v) is 8.50. The van der Waals surface area contributed by atoms with Crippen molar-refractivity contribution >= 4 is 17.5 Å². The molecule has 0 amide bonds. The van der Waals surface area contributed by atoms with Crippen LogP contribution >= 0.6 is 11.6 Å². The first-order chi connectivity index (χ1) is 6.84. The highest BCUT2D eigenvalue weighted by molar-refractivity contribution is 6.30. The zero-order chi connectivity index (χ0) is 9.80. The Morgan fingerprint density at radius 1 is 1.29 bits per heavy atom. The molecule has 4 nitrogen and oxygen atoms in total. The van der Waals surface area contributed by atoms with Crippen LogP contribution in [0.2, 0.25) is 5.02 Å². The number of hydrogen-bond donors (Lipinski definition) is 1. The molecule has 0 bridgehead atoms. The Morgan fingerprint density at radius 3 is 2.57 bits per heavy atom. The van der Waals surface area contributed by atoms with Crippen LogP contribution in [0.4, 0.5) is 5.95 Å². The Balaban J connectivity index is 1.92. The second kappa shape index (κ2) is 4.57. The third kappa shape index (κ3) is 2.56. The van der Waals surface area contributed by atoms with Crippen molar-refractivity contribution in [3.05, 3.63) is 17.4 Å². The van der Waals surface area contributed by atoms with Gasteiger partial charge in [0.15, 0.2) is 0 Å². The summed E-state index contributed by atoms with van der Waals surface area (Å²) < 4.78 is 5.25. The van der Waals surface area contributed by atoms with Crippen LogP contribution in [0.15, 0.2) is 12.4 Å². The Hall–Kier alpha value is -0.870. The number of nitrogens with one attached hydrogen (secondary N) is 1. The standard InChI is InChI=1S/C9H12ClN3O/c10-7-5-11-9(12-6-7)13-8-1-3-14-4-2-8/h5-6,8H,1-4H2,(H,11,12,13). The molecule has 0 aliphatic carbocycles. The van der Waals surface area contributed by atoms with Crippen LogP contribution in [0.1, 0.15) is 12.8 Å². The summed E-state index contributed by atoms with van der Waals surface area (Å²) in [5.74, 6) is 0.640. The van der Waals surface area contributed by atoms with Gasteiger partial charge in [-0.05, 0) is 12.8 Å². The van der Waals surface area contributed by atoms with E-state index in [0.717, 1.165) is 26.1 Å². The van der Waals surface area contributed by atoms with Gasteiger partial charge in [-0.15, -0.1) is 0 Å². The number of anilines is 1. The lowest BCUT2D eigenvalue weighted by Crippen LogP contribution is -2.28. The SMILES string of the molecule is Clc1cnc(NC2CCOCC2)nc1. The molecule has 0 aromatic carbocycles. The molecule has 5 heteroatoms. The minimum absolute atomic E-state index is 0.421. The smallest absolute Gasteiger partial charge is 0.222 e. The first-order valence-corrected chi connectivity index (χ1v) is 5.04. The number of halogens is 1. The van der Waals surface area contributed by atoms with Crippen molar-refractivity contribution < 1.29 is 4.74 Å². The normalized spacial score (nSPS) is 18.1. The lowest BCUT2D eigenvalue weighted by Gasteiger charge is -2.22. The minimum Gasteiger partial charge on any atom is -0.381 e. The van der Waals surface area contributed by atoms with E-state index in [1.807, 2.05) is 0 Å². The van der Waals surface area contributed by atoms with Crippen LogP contribution in [-0.4, -0.2) is 29.2 Å². The average Bonchev–Trinajstić information content (AvgIpc) is 2.23. The Kier molecular flexibility index (Phi) is 3.16. The highest BCUT2D eigenvalue weighted by Gasteiger charge is 2.13. The predicted octanol–water partition coefficient (Wildman–Crippen LogP) is 1.72. The van der Waals surface area contributed by atoms with Crippen molar-refractivity contribution in [3.63, 3.8) is 0 Å². The third-order valence-corrected chi connectivity index (χ3v) is 2.37. The molecule has 1 fully saturated rings. The van der Waals surface area contributed by atoms with Crippen molar-refractivity contribution in [1.29, 1.82) is 0 Å². The Morgan fingerprint density at radius 2 is 1.93 bits per heavy atom. The van der Waals surface area contributed by atoms with Crippen molar-refractivity contribution in [1.82, 2.24) is 9.97 Å². The number of ether oxygens (including phenoxy) is 1. The first kappa shape index (κ1) is 9.68. The summed E-state index contributed by atoms with van der Waals surface area (Å²) in [7, 11) is 0. The summed E-state index contributed by atoms with van der Waals surface area (Å²) in [5, 5.41) is 3.81. The second-order valence-corrected chi connectivity index (χ2v) is 3.69.